The van der Waals surface area contributed by atoms with Crippen molar-refractivity contribution in [3.63, 3.8) is 0 Å². The summed E-state index contributed by atoms with van der Waals surface area (Å²) in [5.74, 6) is 0. The minimum atomic E-state index is -0.648. The molecule has 0 heterocycles. The topological polar surface area (TPSA) is 29.5 Å². The summed E-state index contributed by atoms with van der Waals surface area (Å²) in [6.07, 6.45) is 6.22. The van der Waals surface area contributed by atoms with Gasteiger partial charge in [0.1, 0.15) is 0 Å². The van der Waals surface area contributed by atoms with E-state index in [1.165, 1.54) is 19.3 Å². The fraction of sp³-hybridized carbons (Fsp3) is 0.571. The number of aliphatic hydroxyl groups is 1. The normalized spacial score (nSPS) is 19.6. The molecule has 1 aromatic carbocycles. The average Bonchev–Trinajstić information content (AvgIpc) is 2.31. The van der Waals surface area contributed by atoms with Crippen molar-refractivity contribution in [1.29, 1.82) is 0 Å². The molecule has 0 radical (unpaired) electrons. The summed E-state index contributed by atoms with van der Waals surface area (Å²) in [5.41, 5.74) is 1.13. The van der Waals surface area contributed by atoms with Gasteiger partial charge in [0, 0.05) is 6.42 Å². The lowest BCUT2D eigenvalue weighted by Crippen LogP contribution is -2.25. The van der Waals surface area contributed by atoms with Crippen LogP contribution in [-0.4, -0.2) is 17.5 Å². The van der Waals surface area contributed by atoms with Gasteiger partial charge in [-0.1, -0.05) is 49.6 Å². The molecule has 0 spiro atoms. The van der Waals surface area contributed by atoms with Gasteiger partial charge in [-0.2, -0.15) is 0 Å². The Morgan fingerprint density at radius 3 is 2.50 bits per heavy atom. The predicted molar refractivity (Wildman–Crippen MR) is 64.1 cm³/mol. The molecule has 2 rings (SSSR count). The zero-order chi connectivity index (χ0) is 11.2. The highest BCUT2D eigenvalue weighted by molar-refractivity contribution is 5.14. The molecule has 1 aliphatic carbocycles. The van der Waals surface area contributed by atoms with Gasteiger partial charge in [-0.3, -0.25) is 0 Å². The second-order valence-corrected chi connectivity index (χ2v) is 4.54. The van der Waals surface area contributed by atoms with Crippen molar-refractivity contribution >= 4 is 0 Å². The van der Waals surface area contributed by atoms with Gasteiger partial charge in [0.15, 0.2) is 6.29 Å². The monoisotopic (exact) mass is 220 g/mol. The van der Waals surface area contributed by atoms with Gasteiger partial charge in [-0.15, -0.1) is 0 Å². The molecule has 2 heteroatoms. The van der Waals surface area contributed by atoms with Crippen LogP contribution in [0.3, 0.4) is 0 Å². The fourth-order valence-corrected chi connectivity index (χ4v) is 2.29. The Bertz CT molecular complexity index is 291. The predicted octanol–water partition coefficient (Wildman–Crippen LogP) is 2.90. The Morgan fingerprint density at radius 1 is 1.12 bits per heavy atom. The van der Waals surface area contributed by atoms with E-state index in [1.54, 1.807) is 0 Å². The van der Waals surface area contributed by atoms with Gasteiger partial charge in [-0.05, 0) is 18.4 Å². The molecule has 0 amide bonds. The third-order valence-corrected chi connectivity index (χ3v) is 3.15. The highest BCUT2D eigenvalue weighted by Gasteiger charge is 2.17. The van der Waals surface area contributed by atoms with E-state index in [0.717, 1.165) is 18.4 Å². The first-order valence-electron chi connectivity index (χ1n) is 6.22. The zero-order valence-corrected chi connectivity index (χ0v) is 9.64. The molecule has 0 aliphatic heterocycles. The average molecular weight is 220 g/mol. The summed E-state index contributed by atoms with van der Waals surface area (Å²) in [6, 6.07) is 10.0. The van der Waals surface area contributed by atoms with Gasteiger partial charge in [0.25, 0.3) is 0 Å². The smallest absolute Gasteiger partial charge is 0.158 e. The Morgan fingerprint density at radius 2 is 1.81 bits per heavy atom. The van der Waals surface area contributed by atoms with Crippen LogP contribution in [0.25, 0.3) is 0 Å². The van der Waals surface area contributed by atoms with Crippen molar-refractivity contribution in [2.24, 2.45) is 0 Å². The minimum Gasteiger partial charge on any atom is -0.368 e. The summed E-state index contributed by atoms with van der Waals surface area (Å²) in [7, 11) is 0. The number of hydrogen-bond donors (Lipinski definition) is 1. The second kappa shape index (κ2) is 6.02. The molecule has 0 aromatic heterocycles. The maximum absolute atomic E-state index is 9.83. The van der Waals surface area contributed by atoms with Gasteiger partial charge in [-0.25, -0.2) is 0 Å². The molecule has 1 atom stereocenters. The van der Waals surface area contributed by atoms with E-state index in [4.69, 9.17) is 4.74 Å². The molecule has 1 N–H and O–H groups in total. The minimum absolute atomic E-state index is 0.271. The van der Waals surface area contributed by atoms with Crippen molar-refractivity contribution in [2.45, 2.75) is 50.9 Å². The quantitative estimate of drug-likeness (QED) is 0.791. The number of benzene rings is 1. The van der Waals surface area contributed by atoms with Crippen LogP contribution < -0.4 is 0 Å². The molecule has 0 bridgehead atoms. The van der Waals surface area contributed by atoms with Crippen molar-refractivity contribution < 1.29 is 9.84 Å². The Kier molecular flexibility index (Phi) is 4.37. The molecule has 88 valence electrons. The molecule has 1 saturated carbocycles. The molecule has 16 heavy (non-hydrogen) atoms. The summed E-state index contributed by atoms with van der Waals surface area (Å²) in [6.45, 7) is 0. The molecule has 2 nitrogen and oxygen atoms in total. The summed E-state index contributed by atoms with van der Waals surface area (Å²) >= 11 is 0. The standard InChI is InChI=1S/C14H20O2/c15-14(11-12-7-3-1-4-8-12)16-13-9-5-2-6-10-13/h1,3-4,7-8,13-15H,2,5-6,9-11H2. The number of aliphatic hydroxyl groups excluding tert-OH is 1. The van der Waals surface area contributed by atoms with Crippen molar-refractivity contribution in [2.75, 3.05) is 0 Å². The number of rotatable bonds is 4. The van der Waals surface area contributed by atoms with E-state index in [0.29, 0.717) is 6.42 Å². The van der Waals surface area contributed by atoms with Gasteiger partial charge in [0.2, 0.25) is 0 Å². The molecule has 0 saturated heterocycles. The van der Waals surface area contributed by atoms with Crippen molar-refractivity contribution in [1.82, 2.24) is 0 Å². The van der Waals surface area contributed by atoms with Crippen LogP contribution in [0, 0.1) is 0 Å². The Balaban J connectivity index is 1.77. The maximum Gasteiger partial charge on any atom is 0.158 e. The lowest BCUT2D eigenvalue weighted by Gasteiger charge is -2.24. The first-order valence-corrected chi connectivity index (χ1v) is 6.22. The first-order chi connectivity index (χ1) is 7.84. The molecule has 1 fully saturated rings. The van der Waals surface area contributed by atoms with E-state index in [2.05, 4.69) is 0 Å². The van der Waals surface area contributed by atoms with E-state index >= 15 is 0 Å². The molecule has 1 unspecified atom stereocenters. The van der Waals surface area contributed by atoms with E-state index in [1.807, 2.05) is 30.3 Å². The third kappa shape index (κ3) is 3.62. The highest BCUT2D eigenvalue weighted by atomic mass is 16.6. The van der Waals surface area contributed by atoms with Gasteiger partial charge < -0.3 is 9.84 Å². The Labute approximate surface area is 97.3 Å². The molecule has 1 aromatic rings. The van der Waals surface area contributed by atoms with Crippen LogP contribution in [0.1, 0.15) is 37.7 Å². The van der Waals surface area contributed by atoms with E-state index in [-0.39, 0.29) is 6.10 Å². The fourth-order valence-electron chi connectivity index (χ4n) is 2.29. The third-order valence-electron chi connectivity index (χ3n) is 3.15. The van der Waals surface area contributed by atoms with Crippen LogP contribution in [0.15, 0.2) is 30.3 Å². The van der Waals surface area contributed by atoms with Crippen LogP contribution >= 0.6 is 0 Å². The number of ether oxygens (including phenoxy) is 1. The van der Waals surface area contributed by atoms with Crippen LogP contribution in [0.5, 0.6) is 0 Å². The van der Waals surface area contributed by atoms with Gasteiger partial charge in [0.05, 0.1) is 6.10 Å². The summed E-state index contributed by atoms with van der Waals surface area (Å²) < 4.78 is 5.65. The zero-order valence-electron chi connectivity index (χ0n) is 9.64. The first kappa shape index (κ1) is 11.6. The van der Waals surface area contributed by atoms with Gasteiger partial charge >= 0.3 is 0 Å². The Hall–Kier alpha value is -0.860. The van der Waals surface area contributed by atoms with Crippen molar-refractivity contribution in [3.05, 3.63) is 35.9 Å². The van der Waals surface area contributed by atoms with E-state index < -0.39 is 6.29 Å². The highest BCUT2D eigenvalue weighted by Crippen LogP contribution is 2.21. The maximum atomic E-state index is 9.83. The molecular weight excluding hydrogens is 200 g/mol. The molecular formula is C14H20O2. The summed E-state index contributed by atoms with van der Waals surface area (Å²) in [4.78, 5) is 0. The summed E-state index contributed by atoms with van der Waals surface area (Å²) in [5, 5.41) is 9.83. The molecule has 1 aliphatic rings. The second-order valence-electron chi connectivity index (χ2n) is 4.54. The van der Waals surface area contributed by atoms with Crippen LogP contribution in [-0.2, 0) is 11.2 Å². The lowest BCUT2D eigenvalue weighted by atomic mass is 9.98. The SMILES string of the molecule is OC(Cc1ccccc1)OC1CCCCC1. The van der Waals surface area contributed by atoms with Crippen LogP contribution in [0.2, 0.25) is 0 Å². The number of hydrogen-bond acceptors (Lipinski definition) is 2. The largest absolute Gasteiger partial charge is 0.368 e. The lowest BCUT2D eigenvalue weighted by molar-refractivity contribution is -0.142. The van der Waals surface area contributed by atoms with E-state index in [9.17, 15) is 5.11 Å². The van der Waals surface area contributed by atoms with Crippen LogP contribution in [0.4, 0.5) is 0 Å². The van der Waals surface area contributed by atoms with Crippen molar-refractivity contribution in [3.8, 4) is 0 Å².